The van der Waals surface area contributed by atoms with Crippen molar-refractivity contribution >= 4 is 17.3 Å². The summed E-state index contributed by atoms with van der Waals surface area (Å²) in [6.07, 6.45) is 1.02. The predicted molar refractivity (Wildman–Crippen MR) is 105 cm³/mol. The molecule has 9 nitrogen and oxygen atoms in total. The normalized spacial score (nSPS) is 11.5. The smallest absolute Gasteiger partial charge is 0.269 e. The second kappa shape index (κ2) is 12.9. The molecule has 0 amide bonds. The van der Waals surface area contributed by atoms with Gasteiger partial charge in [-0.05, 0) is 25.6 Å². The van der Waals surface area contributed by atoms with Gasteiger partial charge in [0.25, 0.3) is 5.69 Å². The molecule has 0 saturated carbocycles. The number of benzene rings is 1. The molecule has 146 valence electrons. The summed E-state index contributed by atoms with van der Waals surface area (Å²) in [6, 6.07) is 6.37. The lowest BCUT2D eigenvalue weighted by atomic mass is 10.3. The molecule has 0 saturated heterocycles. The Morgan fingerprint density at radius 3 is 2.50 bits per heavy atom. The lowest BCUT2D eigenvalue weighted by molar-refractivity contribution is -0.384. The lowest BCUT2D eigenvalue weighted by Crippen LogP contribution is -2.42. The van der Waals surface area contributed by atoms with Crippen molar-refractivity contribution in [3.8, 4) is 0 Å². The highest BCUT2D eigenvalue weighted by Crippen LogP contribution is 2.14. The first-order chi connectivity index (χ1) is 12.6. The molecule has 0 spiro atoms. The number of nitrogens with zero attached hydrogens (tertiary/aromatic N) is 3. The molecule has 1 aromatic rings. The summed E-state index contributed by atoms with van der Waals surface area (Å²) in [5.41, 5.74) is 0.934. The van der Waals surface area contributed by atoms with Gasteiger partial charge in [0.05, 0.1) is 4.92 Å². The maximum Gasteiger partial charge on any atom is 0.269 e. The minimum Gasteiger partial charge on any atom is -0.385 e. The van der Waals surface area contributed by atoms with Crippen molar-refractivity contribution in [2.45, 2.75) is 6.42 Å². The van der Waals surface area contributed by atoms with Crippen molar-refractivity contribution in [3.63, 3.8) is 0 Å². The van der Waals surface area contributed by atoms with Crippen LogP contribution in [-0.4, -0.2) is 76.3 Å². The predicted octanol–water partition coefficient (Wildman–Crippen LogP) is 1.14. The van der Waals surface area contributed by atoms with Gasteiger partial charge in [-0.15, -0.1) is 0 Å². The number of nitro groups is 1. The Balaban J connectivity index is 2.17. The van der Waals surface area contributed by atoms with Crippen LogP contribution in [-0.2, 0) is 4.74 Å². The van der Waals surface area contributed by atoms with Gasteiger partial charge in [0, 0.05) is 71.3 Å². The fourth-order valence-electron chi connectivity index (χ4n) is 2.27. The lowest BCUT2D eigenvalue weighted by Gasteiger charge is -2.18. The van der Waals surface area contributed by atoms with Crippen LogP contribution in [0.2, 0.25) is 0 Å². The average Bonchev–Trinajstić information content (AvgIpc) is 2.64. The zero-order valence-corrected chi connectivity index (χ0v) is 15.8. The highest BCUT2D eigenvalue weighted by Gasteiger charge is 2.03. The summed E-state index contributed by atoms with van der Waals surface area (Å²) in [4.78, 5) is 16.6. The third-order valence-corrected chi connectivity index (χ3v) is 3.72. The summed E-state index contributed by atoms with van der Waals surface area (Å²) in [7, 11) is 5.54. The van der Waals surface area contributed by atoms with E-state index in [9.17, 15) is 10.1 Å². The van der Waals surface area contributed by atoms with Crippen LogP contribution in [0.4, 0.5) is 11.4 Å². The van der Waals surface area contributed by atoms with E-state index in [-0.39, 0.29) is 5.69 Å². The highest BCUT2D eigenvalue weighted by atomic mass is 16.6. The molecule has 0 fully saturated rings. The number of anilines is 1. The van der Waals surface area contributed by atoms with Crippen molar-refractivity contribution in [1.29, 1.82) is 0 Å². The topological polar surface area (TPSA) is 104 Å². The first-order valence-electron chi connectivity index (χ1n) is 8.67. The van der Waals surface area contributed by atoms with Crippen LogP contribution < -0.4 is 16.0 Å². The Labute approximate surface area is 155 Å². The fraction of sp³-hybridized carbons (Fsp3) is 0.588. The number of nitrogens with one attached hydrogen (secondary N) is 3. The van der Waals surface area contributed by atoms with Crippen molar-refractivity contribution < 1.29 is 9.66 Å². The first kappa shape index (κ1) is 21.7. The number of aliphatic imine (C=N–C) groups is 1. The number of nitro benzene ring substituents is 1. The van der Waals surface area contributed by atoms with Crippen LogP contribution in [0, 0.1) is 10.1 Å². The van der Waals surface area contributed by atoms with Crippen LogP contribution >= 0.6 is 0 Å². The largest absolute Gasteiger partial charge is 0.385 e. The van der Waals surface area contributed by atoms with Crippen LogP contribution in [0.1, 0.15) is 6.42 Å². The van der Waals surface area contributed by atoms with Gasteiger partial charge < -0.3 is 25.6 Å². The van der Waals surface area contributed by atoms with Crippen molar-refractivity contribution in [2.75, 3.05) is 65.9 Å². The molecule has 1 aromatic carbocycles. The number of guanidine groups is 1. The Kier molecular flexibility index (Phi) is 10.7. The van der Waals surface area contributed by atoms with Gasteiger partial charge in [-0.3, -0.25) is 15.1 Å². The molecule has 0 aliphatic carbocycles. The second-order valence-corrected chi connectivity index (χ2v) is 5.81. The zero-order chi connectivity index (χ0) is 19.2. The summed E-state index contributed by atoms with van der Waals surface area (Å²) in [5.74, 6) is 0.751. The molecular weight excluding hydrogens is 336 g/mol. The Morgan fingerprint density at radius 2 is 1.88 bits per heavy atom. The number of ether oxygens (including phenoxy) is 1. The van der Waals surface area contributed by atoms with Gasteiger partial charge in [-0.1, -0.05) is 0 Å². The van der Waals surface area contributed by atoms with Crippen LogP contribution in [0.25, 0.3) is 0 Å². The number of non-ortho nitro benzene ring substituents is 1. The van der Waals surface area contributed by atoms with Gasteiger partial charge >= 0.3 is 0 Å². The molecule has 9 heteroatoms. The first-order valence-corrected chi connectivity index (χ1v) is 8.67. The van der Waals surface area contributed by atoms with Crippen molar-refractivity contribution in [3.05, 3.63) is 34.4 Å². The third kappa shape index (κ3) is 9.19. The Bertz CT molecular complexity index is 550. The molecule has 0 heterocycles. The van der Waals surface area contributed by atoms with Crippen LogP contribution in [0.15, 0.2) is 29.3 Å². The number of hydrogen-bond donors (Lipinski definition) is 3. The number of likely N-dealkylation sites (N-methyl/N-ethyl adjacent to an activating group) is 1. The number of hydrogen-bond acceptors (Lipinski definition) is 6. The molecule has 26 heavy (non-hydrogen) atoms. The standard InChI is InChI=1S/C17H30N6O3/c1-18-17(21-11-13-22(2)12-4-14-26-3)20-10-9-19-15-5-7-16(8-6-15)23(24)25/h5-8,19H,4,9-14H2,1-3H3,(H2,18,20,21). The maximum absolute atomic E-state index is 10.6. The van der Waals surface area contributed by atoms with E-state index < -0.39 is 4.92 Å². The van der Waals surface area contributed by atoms with E-state index in [1.54, 1.807) is 26.3 Å². The minimum atomic E-state index is -0.407. The molecule has 0 aliphatic rings. The minimum absolute atomic E-state index is 0.0884. The Morgan fingerprint density at radius 1 is 1.19 bits per heavy atom. The zero-order valence-electron chi connectivity index (χ0n) is 15.8. The van der Waals surface area contributed by atoms with Crippen molar-refractivity contribution in [2.24, 2.45) is 4.99 Å². The molecule has 0 bridgehead atoms. The molecule has 0 unspecified atom stereocenters. The maximum atomic E-state index is 10.6. The average molecular weight is 366 g/mol. The number of rotatable bonds is 12. The summed E-state index contributed by atoms with van der Waals surface area (Å²) in [6.45, 7) is 4.86. The quantitative estimate of drug-likeness (QED) is 0.167. The van der Waals surface area contributed by atoms with Gasteiger partial charge in [0.2, 0.25) is 0 Å². The third-order valence-electron chi connectivity index (χ3n) is 3.72. The fourth-order valence-corrected chi connectivity index (χ4v) is 2.27. The van der Waals surface area contributed by atoms with Gasteiger partial charge in [-0.2, -0.15) is 0 Å². The van der Waals surface area contributed by atoms with E-state index in [0.29, 0.717) is 13.1 Å². The van der Waals surface area contributed by atoms with E-state index in [1.807, 2.05) is 0 Å². The van der Waals surface area contributed by atoms with Gasteiger partial charge in [-0.25, -0.2) is 0 Å². The second-order valence-electron chi connectivity index (χ2n) is 5.81. The summed E-state index contributed by atoms with van der Waals surface area (Å²) >= 11 is 0. The summed E-state index contributed by atoms with van der Waals surface area (Å²) in [5, 5.41) is 20.3. The monoisotopic (exact) mass is 366 g/mol. The van der Waals surface area contributed by atoms with E-state index >= 15 is 0 Å². The number of methoxy groups -OCH3 is 1. The van der Waals surface area contributed by atoms with Crippen LogP contribution in [0.5, 0.6) is 0 Å². The van der Waals surface area contributed by atoms with E-state index in [4.69, 9.17) is 4.74 Å². The molecule has 3 N–H and O–H groups in total. The molecule has 0 radical (unpaired) electrons. The van der Waals surface area contributed by atoms with E-state index in [0.717, 1.165) is 44.3 Å². The van der Waals surface area contributed by atoms with Crippen molar-refractivity contribution in [1.82, 2.24) is 15.5 Å². The van der Waals surface area contributed by atoms with Crippen LogP contribution in [0.3, 0.4) is 0 Å². The Hall–Kier alpha value is -2.39. The van der Waals surface area contributed by atoms with E-state index in [2.05, 4.69) is 32.9 Å². The summed E-state index contributed by atoms with van der Waals surface area (Å²) < 4.78 is 5.05. The highest BCUT2D eigenvalue weighted by molar-refractivity contribution is 5.79. The molecule has 0 atom stereocenters. The molecule has 0 aliphatic heterocycles. The molecule has 1 rings (SSSR count). The van der Waals surface area contributed by atoms with Gasteiger partial charge in [0.1, 0.15) is 0 Å². The van der Waals surface area contributed by atoms with E-state index in [1.165, 1.54) is 12.1 Å². The molecular formula is C17H30N6O3. The van der Waals surface area contributed by atoms with Gasteiger partial charge in [0.15, 0.2) is 5.96 Å². The molecule has 0 aromatic heterocycles. The SMILES string of the molecule is CN=C(NCCNc1ccc([N+](=O)[O-])cc1)NCCN(C)CCCOC.